The van der Waals surface area contributed by atoms with Crippen LogP contribution in [0.5, 0.6) is 0 Å². The van der Waals surface area contributed by atoms with Gasteiger partial charge in [0.05, 0.1) is 33.3 Å². The highest BCUT2D eigenvalue weighted by Gasteiger charge is 2.31. The minimum absolute atomic E-state index is 0.0135. The Labute approximate surface area is 214 Å². The van der Waals surface area contributed by atoms with Gasteiger partial charge in [0, 0.05) is 18.2 Å². The van der Waals surface area contributed by atoms with Crippen molar-refractivity contribution in [1.29, 1.82) is 0 Å². The fourth-order valence-electron chi connectivity index (χ4n) is 4.49. The first-order valence-corrected chi connectivity index (χ1v) is 11.6. The summed E-state index contributed by atoms with van der Waals surface area (Å²) >= 11 is 5.81. The van der Waals surface area contributed by atoms with E-state index in [0.717, 1.165) is 29.5 Å². The van der Waals surface area contributed by atoms with Crippen LogP contribution in [0.1, 0.15) is 33.1 Å². The second-order valence-corrected chi connectivity index (χ2v) is 9.11. The molecule has 1 aromatic heterocycles. The quantitative estimate of drug-likeness (QED) is 0.180. The van der Waals surface area contributed by atoms with Crippen LogP contribution in [0.25, 0.3) is 11.1 Å². The maximum atomic E-state index is 14.6. The average Bonchev–Trinajstić information content (AvgIpc) is 3.30. The van der Waals surface area contributed by atoms with E-state index in [9.17, 15) is 28.3 Å². The Kier molecular flexibility index (Phi) is 6.43. The van der Waals surface area contributed by atoms with Crippen LogP contribution >= 0.6 is 11.6 Å². The van der Waals surface area contributed by atoms with Gasteiger partial charge in [0.2, 0.25) is 5.69 Å². The lowest BCUT2D eigenvalue weighted by atomic mass is 9.88. The van der Waals surface area contributed by atoms with Gasteiger partial charge in [-0.05, 0) is 60.0 Å². The van der Waals surface area contributed by atoms with Gasteiger partial charge in [0.15, 0.2) is 12.0 Å². The van der Waals surface area contributed by atoms with Crippen molar-refractivity contribution in [2.75, 3.05) is 0 Å². The van der Waals surface area contributed by atoms with E-state index in [1.165, 1.54) is 36.4 Å². The number of carbonyl (C=O) groups is 1. The summed E-state index contributed by atoms with van der Waals surface area (Å²) in [6, 6.07) is 15.5. The molecule has 186 valence electrons. The molecule has 5 nitrogen and oxygen atoms in total. The zero-order chi connectivity index (χ0) is 26.3. The van der Waals surface area contributed by atoms with Gasteiger partial charge in [-0.2, -0.15) is 4.73 Å². The minimum atomic E-state index is -1.08. The van der Waals surface area contributed by atoms with Gasteiger partial charge in [-0.3, -0.25) is 4.99 Å². The van der Waals surface area contributed by atoms with E-state index >= 15 is 0 Å². The van der Waals surface area contributed by atoms with Crippen LogP contribution in [0, 0.1) is 22.7 Å². The van der Waals surface area contributed by atoms with Crippen molar-refractivity contribution in [3.05, 3.63) is 123 Å². The smallest absolute Gasteiger partial charge is 0.335 e. The number of aliphatic imine (C=N–C) groups is 1. The molecule has 2 heterocycles. The highest BCUT2D eigenvalue weighted by atomic mass is 35.5. The minimum Gasteiger partial charge on any atom is -0.618 e. The van der Waals surface area contributed by atoms with Crippen LogP contribution in [0.15, 0.2) is 77.9 Å². The fourth-order valence-corrected chi connectivity index (χ4v) is 4.65. The number of hydrogen-bond acceptors (Lipinski definition) is 3. The molecule has 1 atom stereocenters. The number of benzene rings is 3. The molecule has 1 N–H and O–H groups in total. The Morgan fingerprint density at radius 1 is 1.05 bits per heavy atom. The number of hydrogen-bond donors (Lipinski definition) is 1. The monoisotopic (exact) mass is 522 g/mol. The Hall–Kier alpha value is -4.17. The molecule has 37 heavy (non-hydrogen) atoms. The maximum Gasteiger partial charge on any atom is 0.335 e. The number of pyridine rings is 1. The van der Waals surface area contributed by atoms with Gasteiger partial charge >= 0.3 is 5.97 Å². The summed E-state index contributed by atoms with van der Waals surface area (Å²) in [5.41, 5.74) is 2.61. The topological polar surface area (TPSA) is 76.6 Å². The average molecular weight is 523 g/mol. The maximum absolute atomic E-state index is 14.6. The van der Waals surface area contributed by atoms with E-state index in [4.69, 9.17) is 11.6 Å². The molecular weight excluding hydrogens is 505 g/mol. The summed E-state index contributed by atoms with van der Waals surface area (Å²) in [7, 11) is 0. The molecule has 1 aliphatic rings. The molecular formula is C28H18ClF3N2O3. The molecule has 4 aromatic rings. The molecule has 1 aliphatic heterocycles. The van der Waals surface area contributed by atoms with Crippen molar-refractivity contribution in [3.8, 4) is 11.1 Å². The number of carboxylic acids is 1. The van der Waals surface area contributed by atoms with E-state index < -0.39 is 34.9 Å². The summed E-state index contributed by atoms with van der Waals surface area (Å²) < 4.78 is 43.0. The molecule has 0 radical (unpaired) electrons. The summed E-state index contributed by atoms with van der Waals surface area (Å²) in [6.07, 6.45) is 1.75. The molecule has 5 rings (SSSR count). The molecule has 0 saturated heterocycles. The Morgan fingerprint density at radius 3 is 2.51 bits per heavy atom. The zero-order valence-corrected chi connectivity index (χ0v) is 19.8. The van der Waals surface area contributed by atoms with Crippen LogP contribution in [-0.2, 0) is 12.8 Å². The van der Waals surface area contributed by atoms with E-state index in [-0.39, 0.29) is 21.8 Å². The number of rotatable bonds is 6. The number of carboxylic acid groups (broad SMARTS) is 1. The first kappa shape index (κ1) is 24.5. The van der Waals surface area contributed by atoms with Gasteiger partial charge in [-0.15, -0.1) is 0 Å². The third-order valence-electron chi connectivity index (χ3n) is 6.36. The predicted molar refractivity (Wildman–Crippen MR) is 133 cm³/mol. The van der Waals surface area contributed by atoms with Crippen molar-refractivity contribution < 1.29 is 27.8 Å². The van der Waals surface area contributed by atoms with Crippen molar-refractivity contribution in [2.24, 2.45) is 4.99 Å². The number of halogens is 4. The lowest BCUT2D eigenvalue weighted by Crippen LogP contribution is -2.36. The van der Waals surface area contributed by atoms with Crippen LogP contribution in [0.4, 0.5) is 18.9 Å². The fraction of sp³-hybridized carbons (Fsp3) is 0.107. The molecule has 0 fully saturated rings. The Balaban J connectivity index is 1.57. The molecule has 0 saturated carbocycles. The predicted octanol–water partition coefficient (Wildman–Crippen LogP) is 6.41. The number of fused-ring (bicyclic) bond motifs is 1. The Morgan fingerprint density at radius 2 is 1.81 bits per heavy atom. The normalized spacial score (nSPS) is 13.2. The van der Waals surface area contributed by atoms with Crippen LogP contribution in [0.2, 0.25) is 5.02 Å². The van der Waals surface area contributed by atoms with Crippen LogP contribution in [-0.4, -0.2) is 16.8 Å². The van der Waals surface area contributed by atoms with Crippen molar-refractivity contribution in [1.82, 2.24) is 0 Å². The van der Waals surface area contributed by atoms with Gasteiger partial charge < -0.3 is 10.3 Å². The highest BCUT2D eigenvalue weighted by Crippen LogP contribution is 2.35. The second kappa shape index (κ2) is 9.71. The van der Waals surface area contributed by atoms with Crippen LogP contribution < -0.4 is 4.73 Å². The standard InChI is InChI=1S/C28H18ClF3N2O3/c29-21-8-9-22(31)26(27(21)32)18-5-10-25(34(37)14-18)20(11-15-1-6-19(30)7-2-15)24-12-16-3-4-17(28(35)36)13-23(16)33-24/h1-10,13-14,20H,11-12H2,(H,35,36)/t20-/m0/s1. The second-order valence-electron chi connectivity index (χ2n) is 8.70. The van der Waals surface area contributed by atoms with Gasteiger partial charge in [-0.25, -0.2) is 18.0 Å². The lowest BCUT2D eigenvalue weighted by molar-refractivity contribution is -0.614. The van der Waals surface area contributed by atoms with Gasteiger partial charge in [0.1, 0.15) is 11.6 Å². The van der Waals surface area contributed by atoms with Gasteiger partial charge in [0.25, 0.3) is 0 Å². The van der Waals surface area contributed by atoms with E-state index in [2.05, 4.69) is 4.99 Å². The first-order valence-electron chi connectivity index (χ1n) is 11.3. The molecule has 0 aliphatic carbocycles. The van der Waals surface area contributed by atoms with E-state index in [1.807, 2.05) is 0 Å². The molecule has 0 bridgehead atoms. The van der Waals surface area contributed by atoms with E-state index in [1.54, 1.807) is 18.2 Å². The largest absolute Gasteiger partial charge is 0.618 e. The third-order valence-corrected chi connectivity index (χ3v) is 6.65. The third kappa shape index (κ3) is 4.80. The van der Waals surface area contributed by atoms with Crippen molar-refractivity contribution in [3.63, 3.8) is 0 Å². The van der Waals surface area contributed by atoms with Crippen molar-refractivity contribution in [2.45, 2.75) is 18.8 Å². The summed E-state index contributed by atoms with van der Waals surface area (Å²) in [4.78, 5) is 16.0. The SMILES string of the molecule is O=C(O)c1ccc2c(c1)N=C([C@H](Cc1ccc(F)cc1)c1ccc(-c3c(F)ccc(Cl)c3F)c[n+]1[O-])C2. The molecule has 9 heteroatoms. The van der Waals surface area contributed by atoms with E-state index in [0.29, 0.717) is 29.0 Å². The summed E-state index contributed by atoms with van der Waals surface area (Å²) in [6.45, 7) is 0. The number of aromatic carboxylic acids is 1. The number of nitrogens with zero attached hydrogens (tertiary/aromatic N) is 2. The summed E-state index contributed by atoms with van der Waals surface area (Å²) in [5.74, 6) is -3.89. The molecule has 3 aromatic carbocycles. The first-order chi connectivity index (χ1) is 17.7. The molecule has 0 amide bonds. The number of aromatic nitrogens is 1. The Bertz CT molecular complexity index is 1570. The van der Waals surface area contributed by atoms with Gasteiger partial charge in [-0.1, -0.05) is 29.8 Å². The highest BCUT2D eigenvalue weighted by molar-refractivity contribution is 6.31. The molecule has 0 spiro atoms. The summed E-state index contributed by atoms with van der Waals surface area (Å²) in [5, 5.41) is 22.3. The van der Waals surface area contributed by atoms with Crippen LogP contribution in [0.3, 0.4) is 0 Å². The lowest BCUT2D eigenvalue weighted by Gasteiger charge is -2.18. The zero-order valence-electron chi connectivity index (χ0n) is 19.1. The van der Waals surface area contributed by atoms with Crippen molar-refractivity contribution >= 4 is 29.0 Å². The molecule has 0 unspecified atom stereocenters.